The molecule has 0 saturated carbocycles. The van der Waals surface area contributed by atoms with Crippen LogP contribution in [-0.2, 0) is 0 Å². The minimum absolute atomic E-state index is 0.0328. The predicted molar refractivity (Wildman–Crippen MR) is 129 cm³/mol. The van der Waals surface area contributed by atoms with Crippen LogP contribution in [0.2, 0.25) is 20.1 Å². The second-order valence-corrected chi connectivity index (χ2v) is 9.31. The molecule has 0 fully saturated rings. The molecule has 0 saturated heterocycles. The highest BCUT2D eigenvalue weighted by atomic mass is 35.5. The van der Waals surface area contributed by atoms with Crippen LogP contribution >= 0.6 is 57.7 Å². The molecular formula is C22H10Cl4N4OS. The monoisotopic (exact) mass is 518 g/mol. The number of allylic oxidation sites excluding steroid dienone is 1. The SMILES string of the molecule is N#CC1=C(N)n2c(s/c(=C\c3cccc(Cl)c3Cl)c2=O)=C(C#N)[C@H]1c1cccc(Cl)c1Cl. The summed E-state index contributed by atoms with van der Waals surface area (Å²) in [6.07, 6.45) is 1.57. The van der Waals surface area contributed by atoms with Crippen molar-refractivity contribution < 1.29 is 0 Å². The van der Waals surface area contributed by atoms with E-state index in [0.717, 1.165) is 11.3 Å². The van der Waals surface area contributed by atoms with Crippen molar-refractivity contribution in [3.63, 3.8) is 0 Å². The Kier molecular flexibility index (Phi) is 6.09. The van der Waals surface area contributed by atoms with Crippen LogP contribution in [0.5, 0.6) is 0 Å². The fourth-order valence-corrected chi connectivity index (χ4v) is 5.38. The average Bonchev–Trinajstić information content (AvgIpc) is 3.09. The molecule has 0 spiro atoms. The Balaban J connectivity index is 2.10. The lowest BCUT2D eigenvalue weighted by atomic mass is 9.84. The predicted octanol–water partition coefficient (Wildman–Crippen LogP) is 4.47. The van der Waals surface area contributed by atoms with Crippen LogP contribution in [0, 0.1) is 22.7 Å². The summed E-state index contributed by atoms with van der Waals surface area (Å²) in [5.41, 5.74) is 6.97. The highest BCUT2D eigenvalue weighted by Crippen LogP contribution is 2.41. The Hall–Kier alpha value is -2.71. The molecule has 10 heteroatoms. The van der Waals surface area contributed by atoms with E-state index in [4.69, 9.17) is 52.1 Å². The van der Waals surface area contributed by atoms with E-state index >= 15 is 0 Å². The number of thiazole rings is 1. The van der Waals surface area contributed by atoms with Gasteiger partial charge < -0.3 is 5.73 Å². The Labute approximate surface area is 206 Å². The van der Waals surface area contributed by atoms with Crippen molar-refractivity contribution in [3.05, 3.63) is 92.7 Å². The summed E-state index contributed by atoms with van der Waals surface area (Å²) in [4.78, 5) is 13.2. The number of aromatic nitrogens is 1. The minimum atomic E-state index is -0.864. The van der Waals surface area contributed by atoms with Crippen LogP contribution in [-0.4, -0.2) is 4.57 Å². The van der Waals surface area contributed by atoms with E-state index < -0.39 is 11.5 Å². The van der Waals surface area contributed by atoms with Gasteiger partial charge in [-0.15, -0.1) is 11.3 Å². The number of hydrogen-bond acceptors (Lipinski definition) is 5. The maximum atomic E-state index is 13.2. The van der Waals surface area contributed by atoms with Crippen LogP contribution in [0.3, 0.4) is 0 Å². The van der Waals surface area contributed by atoms with Crippen molar-refractivity contribution in [1.29, 1.82) is 10.5 Å². The number of nitrogens with zero attached hydrogens (tertiary/aromatic N) is 3. The quantitative estimate of drug-likeness (QED) is 0.540. The molecule has 2 heterocycles. The summed E-state index contributed by atoms with van der Waals surface area (Å²) in [7, 11) is 0. The molecule has 1 atom stereocenters. The Morgan fingerprint density at radius 3 is 2.25 bits per heavy atom. The third kappa shape index (κ3) is 3.51. The molecule has 0 bridgehead atoms. The van der Waals surface area contributed by atoms with E-state index in [1.807, 2.05) is 6.07 Å². The lowest BCUT2D eigenvalue weighted by Gasteiger charge is -2.23. The second kappa shape index (κ2) is 8.67. The smallest absolute Gasteiger partial charge is 0.274 e. The zero-order valence-corrected chi connectivity index (χ0v) is 19.7. The van der Waals surface area contributed by atoms with Crippen LogP contribution in [0.4, 0.5) is 0 Å². The Morgan fingerprint density at radius 2 is 1.59 bits per heavy atom. The molecule has 5 nitrogen and oxygen atoms in total. The van der Waals surface area contributed by atoms with Crippen molar-refractivity contribution in [2.45, 2.75) is 5.92 Å². The highest BCUT2D eigenvalue weighted by molar-refractivity contribution is 7.07. The summed E-state index contributed by atoms with van der Waals surface area (Å²) in [5, 5.41) is 21.0. The van der Waals surface area contributed by atoms with Gasteiger partial charge in [-0.05, 0) is 29.3 Å². The summed E-state index contributed by atoms with van der Waals surface area (Å²) in [5.74, 6) is -0.933. The van der Waals surface area contributed by atoms with Gasteiger partial charge in [0.15, 0.2) is 0 Å². The molecule has 0 radical (unpaired) electrons. The zero-order chi connectivity index (χ0) is 23.2. The van der Waals surface area contributed by atoms with Gasteiger partial charge in [0.1, 0.15) is 10.5 Å². The van der Waals surface area contributed by atoms with Crippen molar-refractivity contribution in [2.24, 2.45) is 5.73 Å². The van der Waals surface area contributed by atoms with Crippen molar-refractivity contribution in [2.75, 3.05) is 0 Å². The summed E-state index contributed by atoms with van der Waals surface area (Å²) >= 11 is 26.0. The summed E-state index contributed by atoms with van der Waals surface area (Å²) < 4.78 is 1.75. The summed E-state index contributed by atoms with van der Waals surface area (Å²) in [6.45, 7) is 0. The lowest BCUT2D eigenvalue weighted by molar-refractivity contribution is 0.906. The largest absolute Gasteiger partial charge is 0.384 e. The number of halogens is 4. The molecule has 32 heavy (non-hydrogen) atoms. The topological polar surface area (TPSA) is 95.6 Å². The van der Waals surface area contributed by atoms with Crippen molar-refractivity contribution >= 4 is 75.2 Å². The van der Waals surface area contributed by atoms with Gasteiger partial charge in [0.25, 0.3) is 5.56 Å². The number of rotatable bonds is 2. The van der Waals surface area contributed by atoms with Gasteiger partial charge in [-0.2, -0.15) is 10.5 Å². The van der Waals surface area contributed by atoms with Crippen molar-refractivity contribution in [3.8, 4) is 12.1 Å². The van der Waals surface area contributed by atoms with E-state index in [1.54, 1.807) is 42.5 Å². The standard InChI is InChI=1S/C22H10Cl4N4OS/c23-14-5-1-3-10(18(14)25)7-16-21(31)30-20(29)12(8-27)17(13(9-28)22(30)32-16)11-4-2-6-15(24)19(11)26/h1-7,17H,29H2/b16-7-/t17-/m0/s1. The summed E-state index contributed by atoms with van der Waals surface area (Å²) in [6, 6.07) is 14.1. The molecule has 0 unspecified atom stereocenters. The first-order valence-electron chi connectivity index (χ1n) is 8.96. The molecule has 3 aromatic rings. The molecule has 1 aromatic heterocycles. The van der Waals surface area contributed by atoms with E-state index in [0.29, 0.717) is 25.8 Å². The van der Waals surface area contributed by atoms with Gasteiger partial charge in [0, 0.05) is 0 Å². The fourth-order valence-electron chi connectivity index (χ4n) is 3.48. The van der Waals surface area contributed by atoms with Gasteiger partial charge in [0.05, 0.1) is 53.8 Å². The average molecular weight is 520 g/mol. The van der Waals surface area contributed by atoms with Crippen LogP contribution in [0.15, 0.2) is 46.8 Å². The number of nitrogens with two attached hydrogens (primary N) is 1. The molecule has 0 aliphatic carbocycles. The molecule has 158 valence electrons. The van der Waals surface area contributed by atoms with E-state index in [9.17, 15) is 15.3 Å². The highest BCUT2D eigenvalue weighted by Gasteiger charge is 2.33. The zero-order valence-electron chi connectivity index (χ0n) is 15.9. The molecular weight excluding hydrogens is 510 g/mol. The van der Waals surface area contributed by atoms with E-state index in [1.165, 1.54) is 4.57 Å². The van der Waals surface area contributed by atoms with E-state index in [2.05, 4.69) is 6.07 Å². The first kappa shape index (κ1) is 22.5. The van der Waals surface area contributed by atoms with Gasteiger partial charge in [-0.1, -0.05) is 70.7 Å². The fraction of sp³-hybridized carbons (Fsp3) is 0.0455. The number of fused-ring (bicyclic) bond motifs is 1. The van der Waals surface area contributed by atoms with Crippen LogP contribution < -0.4 is 20.5 Å². The number of hydrogen-bond donors (Lipinski definition) is 1. The van der Waals surface area contributed by atoms with Crippen LogP contribution in [0.25, 0.3) is 17.5 Å². The Bertz CT molecular complexity index is 1590. The second-order valence-electron chi connectivity index (χ2n) is 6.71. The first-order chi connectivity index (χ1) is 15.3. The maximum Gasteiger partial charge on any atom is 0.274 e. The lowest BCUT2D eigenvalue weighted by Crippen LogP contribution is -2.38. The third-order valence-electron chi connectivity index (χ3n) is 4.95. The Morgan fingerprint density at radius 1 is 0.969 bits per heavy atom. The molecule has 4 rings (SSSR count). The first-order valence-corrected chi connectivity index (χ1v) is 11.3. The molecule has 2 N–H and O–H groups in total. The third-order valence-corrected chi connectivity index (χ3v) is 7.72. The molecule has 1 aliphatic heterocycles. The van der Waals surface area contributed by atoms with Gasteiger partial charge in [-0.25, -0.2) is 0 Å². The normalized spacial score (nSPS) is 16.0. The van der Waals surface area contributed by atoms with Crippen LogP contribution in [0.1, 0.15) is 17.0 Å². The van der Waals surface area contributed by atoms with Gasteiger partial charge in [-0.3, -0.25) is 9.36 Å². The molecule has 1 aliphatic rings. The van der Waals surface area contributed by atoms with E-state index in [-0.39, 0.29) is 31.5 Å². The number of benzene rings is 2. The molecule has 0 amide bonds. The minimum Gasteiger partial charge on any atom is -0.384 e. The van der Waals surface area contributed by atoms with Gasteiger partial charge in [0.2, 0.25) is 0 Å². The van der Waals surface area contributed by atoms with Crippen molar-refractivity contribution in [1.82, 2.24) is 4.57 Å². The molecule has 2 aromatic carbocycles. The maximum absolute atomic E-state index is 13.2. The van der Waals surface area contributed by atoms with Gasteiger partial charge >= 0.3 is 0 Å². The number of nitriles is 2.